The molecule has 1 N–H and O–H groups in total. The first-order valence-corrected chi connectivity index (χ1v) is 5.99. The van der Waals surface area contributed by atoms with Gasteiger partial charge in [0.05, 0.1) is 12.2 Å². The highest BCUT2D eigenvalue weighted by molar-refractivity contribution is 5.58. The summed E-state index contributed by atoms with van der Waals surface area (Å²) in [4.78, 5) is 0. The van der Waals surface area contributed by atoms with Crippen molar-refractivity contribution in [1.29, 1.82) is 0 Å². The fraction of sp³-hybridized carbons (Fsp3) is 0.200. The average molecular weight is 243 g/mol. The van der Waals surface area contributed by atoms with Gasteiger partial charge in [-0.25, -0.2) is 4.39 Å². The Labute approximate surface area is 105 Å². The molecule has 2 aromatic carbocycles. The zero-order chi connectivity index (χ0) is 12.5. The number of hydrogen-bond acceptors (Lipinski definition) is 2. The van der Waals surface area contributed by atoms with Crippen molar-refractivity contribution in [3.63, 3.8) is 0 Å². The molecular weight excluding hydrogens is 229 g/mol. The van der Waals surface area contributed by atoms with Crippen molar-refractivity contribution in [1.82, 2.24) is 0 Å². The number of rotatable bonds is 1. The van der Waals surface area contributed by atoms with Crippen LogP contribution in [0.3, 0.4) is 0 Å². The Morgan fingerprint density at radius 1 is 1.22 bits per heavy atom. The molecule has 0 bridgehead atoms. The smallest absolute Gasteiger partial charge is 0.143 e. The van der Waals surface area contributed by atoms with Gasteiger partial charge in [-0.1, -0.05) is 29.8 Å². The van der Waals surface area contributed by atoms with E-state index >= 15 is 0 Å². The number of anilines is 1. The van der Waals surface area contributed by atoms with Gasteiger partial charge in [-0.2, -0.15) is 0 Å². The molecule has 0 amide bonds. The summed E-state index contributed by atoms with van der Waals surface area (Å²) in [6, 6.07) is 12.8. The van der Waals surface area contributed by atoms with Crippen molar-refractivity contribution in [3.8, 4) is 5.75 Å². The van der Waals surface area contributed by atoms with Crippen LogP contribution in [-0.4, -0.2) is 6.54 Å². The van der Waals surface area contributed by atoms with E-state index < -0.39 is 0 Å². The molecule has 0 saturated heterocycles. The van der Waals surface area contributed by atoms with Crippen LogP contribution in [0.4, 0.5) is 10.1 Å². The van der Waals surface area contributed by atoms with Crippen molar-refractivity contribution in [2.75, 3.05) is 11.9 Å². The molecule has 3 rings (SSSR count). The van der Waals surface area contributed by atoms with Gasteiger partial charge in [-0.05, 0) is 24.6 Å². The molecule has 1 aliphatic heterocycles. The fourth-order valence-electron chi connectivity index (χ4n) is 2.20. The average Bonchev–Trinajstić information content (AvgIpc) is 2.38. The Morgan fingerprint density at radius 3 is 2.94 bits per heavy atom. The summed E-state index contributed by atoms with van der Waals surface area (Å²) in [5.74, 6) is 0.452. The molecule has 0 fully saturated rings. The van der Waals surface area contributed by atoms with E-state index in [1.807, 2.05) is 12.1 Å². The van der Waals surface area contributed by atoms with E-state index in [0.29, 0.717) is 12.3 Å². The Kier molecular flexibility index (Phi) is 2.67. The maximum Gasteiger partial charge on any atom is 0.143 e. The normalized spacial score (nSPS) is 17.6. The highest BCUT2D eigenvalue weighted by Crippen LogP contribution is 2.34. The summed E-state index contributed by atoms with van der Waals surface area (Å²) in [6.07, 6.45) is -0.0251. The molecule has 18 heavy (non-hydrogen) atoms. The van der Waals surface area contributed by atoms with Gasteiger partial charge >= 0.3 is 0 Å². The van der Waals surface area contributed by atoms with E-state index in [1.54, 1.807) is 6.07 Å². The lowest BCUT2D eigenvalue weighted by molar-refractivity contribution is 0.210. The minimum atomic E-state index is -0.251. The second-order valence-corrected chi connectivity index (χ2v) is 4.54. The van der Waals surface area contributed by atoms with Crippen LogP contribution in [0.5, 0.6) is 5.75 Å². The van der Waals surface area contributed by atoms with Crippen molar-refractivity contribution >= 4 is 5.69 Å². The van der Waals surface area contributed by atoms with E-state index in [0.717, 1.165) is 11.3 Å². The summed E-state index contributed by atoms with van der Waals surface area (Å²) in [5, 5.41) is 3.21. The quantitative estimate of drug-likeness (QED) is 0.825. The number of nitrogens with one attached hydrogen (secondary N) is 1. The first-order chi connectivity index (χ1) is 8.72. The van der Waals surface area contributed by atoms with E-state index in [2.05, 4.69) is 24.4 Å². The fourth-order valence-corrected chi connectivity index (χ4v) is 2.20. The van der Waals surface area contributed by atoms with Crippen molar-refractivity contribution in [2.24, 2.45) is 0 Å². The maximum atomic E-state index is 13.1. The summed E-state index contributed by atoms with van der Waals surface area (Å²) < 4.78 is 19.0. The Balaban J connectivity index is 1.89. The molecule has 0 radical (unpaired) electrons. The standard InChI is InChI=1S/C15H14FNO/c1-10-3-2-4-11(7-10)15-9-17-13-8-12(16)5-6-14(13)18-15/h2-8,15,17H,9H2,1H3. The second kappa shape index (κ2) is 4.33. The number of ether oxygens (including phenoxy) is 1. The molecule has 3 heteroatoms. The van der Waals surface area contributed by atoms with Gasteiger partial charge in [-0.15, -0.1) is 0 Å². The molecule has 0 aromatic heterocycles. The number of hydrogen-bond donors (Lipinski definition) is 1. The number of aryl methyl sites for hydroxylation is 1. The highest BCUT2D eigenvalue weighted by atomic mass is 19.1. The summed E-state index contributed by atoms with van der Waals surface area (Å²) in [6.45, 7) is 2.71. The molecular formula is C15H14FNO. The SMILES string of the molecule is Cc1cccc(C2CNc3cc(F)ccc3O2)c1. The molecule has 0 aliphatic carbocycles. The zero-order valence-electron chi connectivity index (χ0n) is 10.1. The highest BCUT2D eigenvalue weighted by Gasteiger charge is 2.21. The third-order valence-electron chi connectivity index (χ3n) is 3.10. The number of fused-ring (bicyclic) bond motifs is 1. The lowest BCUT2D eigenvalue weighted by Crippen LogP contribution is -2.23. The third kappa shape index (κ3) is 2.04. The molecule has 1 atom stereocenters. The molecule has 92 valence electrons. The van der Waals surface area contributed by atoms with Crippen LogP contribution in [-0.2, 0) is 0 Å². The first-order valence-electron chi connectivity index (χ1n) is 5.99. The van der Waals surface area contributed by atoms with E-state index in [4.69, 9.17) is 4.74 Å². The van der Waals surface area contributed by atoms with Crippen molar-refractivity contribution in [3.05, 3.63) is 59.4 Å². The first kappa shape index (κ1) is 11.1. The molecule has 1 heterocycles. The molecule has 1 unspecified atom stereocenters. The van der Waals surface area contributed by atoms with Gasteiger partial charge in [-0.3, -0.25) is 0 Å². The predicted molar refractivity (Wildman–Crippen MR) is 69.4 cm³/mol. The number of halogens is 1. The Bertz CT molecular complexity index is 582. The van der Waals surface area contributed by atoms with E-state index in [-0.39, 0.29) is 11.9 Å². The summed E-state index contributed by atoms with van der Waals surface area (Å²) >= 11 is 0. The monoisotopic (exact) mass is 243 g/mol. The lowest BCUT2D eigenvalue weighted by Gasteiger charge is -2.27. The van der Waals surface area contributed by atoms with Gasteiger partial charge in [0.15, 0.2) is 0 Å². The molecule has 1 aliphatic rings. The minimum absolute atomic E-state index is 0.0251. The summed E-state index contributed by atoms with van der Waals surface area (Å²) in [7, 11) is 0. The Hall–Kier alpha value is -2.03. The van der Waals surface area contributed by atoms with Crippen LogP contribution in [0.1, 0.15) is 17.2 Å². The molecule has 2 aromatic rings. The zero-order valence-corrected chi connectivity index (χ0v) is 10.1. The van der Waals surface area contributed by atoms with Gasteiger partial charge in [0.25, 0.3) is 0 Å². The third-order valence-corrected chi connectivity index (χ3v) is 3.10. The van der Waals surface area contributed by atoms with E-state index in [1.165, 1.54) is 17.7 Å². The maximum absolute atomic E-state index is 13.1. The molecule has 0 spiro atoms. The van der Waals surface area contributed by atoms with Gasteiger partial charge in [0.1, 0.15) is 17.7 Å². The topological polar surface area (TPSA) is 21.3 Å². The van der Waals surface area contributed by atoms with Crippen LogP contribution in [0.15, 0.2) is 42.5 Å². The molecule has 0 saturated carbocycles. The van der Waals surface area contributed by atoms with Crippen molar-refractivity contribution in [2.45, 2.75) is 13.0 Å². The summed E-state index contributed by atoms with van der Waals surface area (Å²) in [5.41, 5.74) is 3.07. The van der Waals surface area contributed by atoms with Crippen LogP contribution in [0, 0.1) is 12.7 Å². The number of benzene rings is 2. The predicted octanol–water partition coefficient (Wildman–Crippen LogP) is 3.68. The van der Waals surface area contributed by atoms with E-state index in [9.17, 15) is 4.39 Å². The van der Waals surface area contributed by atoms with Crippen LogP contribution in [0.25, 0.3) is 0 Å². The van der Waals surface area contributed by atoms with Crippen molar-refractivity contribution < 1.29 is 9.13 Å². The van der Waals surface area contributed by atoms with Crippen LogP contribution in [0.2, 0.25) is 0 Å². The van der Waals surface area contributed by atoms with Crippen LogP contribution < -0.4 is 10.1 Å². The molecule has 2 nitrogen and oxygen atoms in total. The van der Waals surface area contributed by atoms with Crippen LogP contribution >= 0.6 is 0 Å². The lowest BCUT2D eigenvalue weighted by atomic mass is 10.1. The second-order valence-electron chi connectivity index (χ2n) is 4.54. The minimum Gasteiger partial charge on any atom is -0.482 e. The Morgan fingerprint density at radius 2 is 2.11 bits per heavy atom. The van der Waals surface area contributed by atoms with Gasteiger partial charge in [0.2, 0.25) is 0 Å². The van der Waals surface area contributed by atoms with Gasteiger partial charge in [0, 0.05) is 6.07 Å². The largest absolute Gasteiger partial charge is 0.482 e. The van der Waals surface area contributed by atoms with Gasteiger partial charge < -0.3 is 10.1 Å².